The van der Waals surface area contributed by atoms with Crippen molar-refractivity contribution in [3.63, 3.8) is 0 Å². The van der Waals surface area contributed by atoms with Crippen LogP contribution in [0.25, 0.3) is 0 Å². The average Bonchev–Trinajstić information content (AvgIpc) is 2.57. The molecular formula is C18H18N2O3. The first kappa shape index (κ1) is 15.2. The minimum atomic E-state index is -0.313. The molecule has 0 atom stereocenters. The number of hydrogen-bond acceptors (Lipinski definition) is 5. The van der Waals surface area contributed by atoms with Gasteiger partial charge in [-0.15, -0.1) is 0 Å². The number of hydrogen-bond donors (Lipinski definition) is 3. The Kier molecular flexibility index (Phi) is 4.12. The van der Waals surface area contributed by atoms with Gasteiger partial charge in [0.25, 0.3) is 0 Å². The third kappa shape index (κ3) is 2.59. The monoisotopic (exact) mass is 310 g/mol. The zero-order valence-corrected chi connectivity index (χ0v) is 12.8. The summed E-state index contributed by atoms with van der Waals surface area (Å²) in [6, 6.07) is 9.81. The molecule has 3 rings (SSSR count). The summed E-state index contributed by atoms with van der Waals surface area (Å²) in [5.41, 5.74) is 1.66. The van der Waals surface area contributed by atoms with E-state index in [1.807, 2.05) is 7.05 Å². The lowest BCUT2D eigenvalue weighted by molar-refractivity contribution is 0.0977. The fourth-order valence-corrected chi connectivity index (χ4v) is 2.84. The Morgan fingerprint density at radius 2 is 1.57 bits per heavy atom. The van der Waals surface area contributed by atoms with Crippen LogP contribution in [0.1, 0.15) is 38.3 Å². The first-order chi connectivity index (χ1) is 11.1. The van der Waals surface area contributed by atoms with Crippen LogP contribution < -0.4 is 10.6 Å². The summed E-state index contributed by atoms with van der Waals surface area (Å²) in [5.74, 6) is -0.706. The van der Waals surface area contributed by atoms with E-state index < -0.39 is 0 Å². The minimum absolute atomic E-state index is 0.0901. The third-order valence-electron chi connectivity index (χ3n) is 3.97. The number of benzene rings is 2. The van der Waals surface area contributed by atoms with Crippen molar-refractivity contribution < 1.29 is 14.7 Å². The van der Waals surface area contributed by atoms with E-state index >= 15 is 0 Å². The zero-order valence-electron chi connectivity index (χ0n) is 12.8. The fraction of sp³-hybridized carbons (Fsp3) is 0.222. The molecule has 0 saturated carbocycles. The maximum atomic E-state index is 12.8. The molecule has 2 aromatic carbocycles. The maximum absolute atomic E-state index is 12.8. The Balaban J connectivity index is 2.04. The van der Waals surface area contributed by atoms with Crippen molar-refractivity contribution in [2.45, 2.75) is 6.42 Å². The van der Waals surface area contributed by atoms with Gasteiger partial charge in [-0.3, -0.25) is 9.59 Å². The van der Waals surface area contributed by atoms with E-state index in [9.17, 15) is 14.7 Å². The largest absolute Gasteiger partial charge is 0.507 e. The van der Waals surface area contributed by atoms with Crippen LogP contribution in [0.3, 0.4) is 0 Å². The lowest BCUT2D eigenvalue weighted by Crippen LogP contribution is -2.23. The summed E-state index contributed by atoms with van der Waals surface area (Å²) in [6.45, 7) is 1.52. The van der Waals surface area contributed by atoms with Gasteiger partial charge in [-0.05, 0) is 32.1 Å². The number of fused-ring (bicyclic) bond motifs is 2. The molecule has 0 spiro atoms. The van der Waals surface area contributed by atoms with Crippen molar-refractivity contribution in [1.82, 2.24) is 5.32 Å². The van der Waals surface area contributed by atoms with Gasteiger partial charge in [0.1, 0.15) is 5.75 Å². The summed E-state index contributed by atoms with van der Waals surface area (Å²) in [4.78, 5) is 25.5. The second-order valence-corrected chi connectivity index (χ2v) is 5.47. The Morgan fingerprint density at radius 1 is 0.913 bits per heavy atom. The maximum Gasteiger partial charge on any atom is 0.198 e. The molecule has 23 heavy (non-hydrogen) atoms. The molecule has 0 bridgehead atoms. The number of nitrogens with one attached hydrogen (secondary N) is 2. The molecule has 0 amide bonds. The highest BCUT2D eigenvalue weighted by atomic mass is 16.3. The van der Waals surface area contributed by atoms with Crippen LogP contribution in [0.2, 0.25) is 0 Å². The van der Waals surface area contributed by atoms with Crippen molar-refractivity contribution in [3.05, 3.63) is 58.7 Å². The predicted octanol–water partition coefficient (Wildman–Crippen LogP) is 2.19. The van der Waals surface area contributed by atoms with Gasteiger partial charge in [-0.2, -0.15) is 0 Å². The van der Waals surface area contributed by atoms with Gasteiger partial charge in [0.2, 0.25) is 0 Å². The van der Waals surface area contributed by atoms with Gasteiger partial charge >= 0.3 is 0 Å². The van der Waals surface area contributed by atoms with E-state index in [-0.39, 0.29) is 28.4 Å². The molecule has 0 aliphatic heterocycles. The van der Waals surface area contributed by atoms with Crippen molar-refractivity contribution in [2.75, 3.05) is 25.5 Å². The van der Waals surface area contributed by atoms with Crippen molar-refractivity contribution in [2.24, 2.45) is 0 Å². The lowest BCUT2D eigenvalue weighted by Gasteiger charge is -2.21. The van der Waals surface area contributed by atoms with Crippen molar-refractivity contribution >= 4 is 17.3 Å². The molecule has 5 nitrogen and oxygen atoms in total. The fourth-order valence-electron chi connectivity index (χ4n) is 2.84. The molecule has 0 saturated heterocycles. The molecule has 0 heterocycles. The third-order valence-corrected chi connectivity index (χ3v) is 3.97. The highest BCUT2D eigenvalue weighted by Crippen LogP contribution is 2.36. The molecule has 1 aliphatic rings. The van der Waals surface area contributed by atoms with Crippen molar-refractivity contribution in [3.8, 4) is 5.75 Å². The first-order valence-electron chi connectivity index (χ1n) is 7.58. The number of aromatic hydroxyl groups is 1. The molecule has 3 N–H and O–H groups in total. The van der Waals surface area contributed by atoms with Gasteiger partial charge in [-0.1, -0.05) is 24.3 Å². The molecule has 0 radical (unpaired) electrons. The normalized spacial score (nSPS) is 12.7. The number of carbonyl (C=O) groups excluding carboxylic acids is 2. The van der Waals surface area contributed by atoms with Crippen LogP contribution in [-0.2, 0) is 0 Å². The molecule has 0 unspecified atom stereocenters. The number of phenolic OH excluding ortho intramolecular Hbond substituents is 1. The summed E-state index contributed by atoms with van der Waals surface area (Å²) in [5, 5.41) is 16.3. The molecule has 2 aromatic rings. The average molecular weight is 310 g/mol. The highest BCUT2D eigenvalue weighted by molar-refractivity contribution is 6.31. The predicted molar refractivity (Wildman–Crippen MR) is 88.4 cm³/mol. The summed E-state index contributed by atoms with van der Waals surface area (Å²) in [6.07, 6.45) is 0.880. The van der Waals surface area contributed by atoms with Crippen LogP contribution in [0.15, 0.2) is 36.4 Å². The number of phenols is 1. The summed E-state index contributed by atoms with van der Waals surface area (Å²) < 4.78 is 0. The topological polar surface area (TPSA) is 78.4 Å². The minimum Gasteiger partial charge on any atom is -0.507 e. The molecule has 1 aliphatic carbocycles. The Hall–Kier alpha value is -2.66. The highest BCUT2D eigenvalue weighted by Gasteiger charge is 2.33. The van der Waals surface area contributed by atoms with E-state index in [1.165, 1.54) is 6.07 Å². The van der Waals surface area contributed by atoms with Gasteiger partial charge in [0, 0.05) is 23.4 Å². The van der Waals surface area contributed by atoms with Crippen LogP contribution in [0.4, 0.5) is 5.69 Å². The number of anilines is 1. The van der Waals surface area contributed by atoms with E-state index in [1.54, 1.807) is 30.3 Å². The van der Waals surface area contributed by atoms with Gasteiger partial charge in [0.15, 0.2) is 11.6 Å². The van der Waals surface area contributed by atoms with Crippen LogP contribution in [0.5, 0.6) is 5.75 Å². The second kappa shape index (κ2) is 6.22. The second-order valence-electron chi connectivity index (χ2n) is 5.47. The molecule has 0 fully saturated rings. The van der Waals surface area contributed by atoms with E-state index in [0.717, 1.165) is 13.0 Å². The molecule has 5 heteroatoms. The lowest BCUT2D eigenvalue weighted by atomic mass is 9.82. The van der Waals surface area contributed by atoms with Crippen LogP contribution in [-0.4, -0.2) is 36.8 Å². The Morgan fingerprint density at radius 3 is 2.22 bits per heavy atom. The number of rotatable bonds is 5. The zero-order chi connectivity index (χ0) is 16.4. The molecular weight excluding hydrogens is 292 g/mol. The van der Waals surface area contributed by atoms with E-state index in [0.29, 0.717) is 23.4 Å². The van der Waals surface area contributed by atoms with Crippen LogP contribution in [0, 0.1) is 0 Å². The summed E-state index contributed by atoms with van der Waals surface area (Å²) >= 11 is 0. The Bertz CT molecular complexity index is 784. The van der Waals surface area contributed by atoms with Gasteiger partial charge in [-0.25, -0.2) is 0 Å². The van der Waals surface area contributed by atoms with Crippen molar-refractivity contribution in [1.29, 1.82) is 0 Å². The molecule has 0 aromatic heterocycles. The SMILES string of the molecule is CNCCCNc1ccc(O)c2c1C(=O)c1ccccc1C2=O. The quantitative estimate of drug-likeness (QED) is 0.497. The standard InChI is InChI=1S/C18H18N2O3/c1-19-9-4-10-20-13-7-8-14(21)16-15(13)17(22)11-5-2-3-6-12(11)18(16)23/h2-3,5-8,19-21H,4,9-10H2,1H3. The van der Waals surface area contributed by atoms with E-state index in [2.05, 4.69) is 10.6 Å². The van der Waals surface area contributed by atoms with E-state index in [4.69, 9.17) is 0 Å². The first-order valence-corrected chi connectivity index (χ1v) is 7.58. The van der Waals surface area contributed by atoms with Crippen LogP contribution >= 0.6 is 0 Å². The number of carbonyl (C=O) groups is 2. The molecule has 118 valence electrons. The smallest absolute Gasteiger partial charge is 0.198 e. The van der Waals surface area contributed by atoms with Gasteiger partial charge < -0.3 is 15.7 Å². The number of ketones is 2. The summed E-state index contributed by atoms with van der Waals surface area (Å²) in [7, 11) is 1.88. The Labute approximate surface area is 134 Å². The van der Waals surface area contributed by atoms with Gasteiger partial charge in [0.05, 0.1) is 11.1 Å².